The van der Waals surface area contributed by atoms with Crippen molar-refractivity contribution in [3.63, 3.8) is 0 Å². The maximum atomic E-state index is 11.9. The van der Waals surface area contributed by atoms with E-state index in [1.807, 2.05) is 36.4 Å². The third kappa shape index (κ3) is 6.78. The summed E-state index contributed by atoms with van der Waals surface area (Å²) in [6.07, 6.45) is 1.52. The molecular weight excluding hydrogens is 396 g/mol. The van der Waals surface area contributed by atoms with Crippen LogP contribution in [-0.4, -0.2) is 32.9 Å². The molecule has 0 aliphatic carbocycles. The molecule has 0 atom stereocenters. The van der Waals surface area contributed by atoms with Gasteiger partial charge in [0.1, 0.15) is 18.1 Å². The third-order valence-corrected chi connectivity index (χ3v) is 4.26. The van der Waals surface area contributed by atoms with Crippen molar-refractivity contribution in [3.05, 3.63) is 83.9 Å². The van der Waals surface area contributed by atoms with Crippen LogP contribution >= 0.6 is 0 Å². The number of hydrazone groups is 1. The Hall–Kier alpha value is -4.00. The molecule has 0 aliphatic rings. The van der Waals surface area contributed by atoms with Crippen LogP contribution in [0.15, 0.2) is 77.9 Å². The van der Waals surface area contributed by atoms with Gasteiger partial charge in [0.2, 0.25) is 0 Å². The van der Waals surface area contributed by atoms with E-state index in [4.69, 9.17) is 18.9 Å². The number of methoxy groups -OCH3 is 2. The summed E-state index contributed by atoms with van der Waals surface area (Å²) >= 11 is 0. The Balaban J connectivity index is 1.49. The molecule has 0 unspecified atom stereocenters. The number of carbonyl (C=O) groups excluding carboxylic acids is 1. The number of nitrogens with zero attached hydrogens (tertiary/aromatic N) is 1. The SMILES string of the molecule is COc1ccc(OCC(=O)N/N=C\c2ccc(OCc3ccccc3)c(OC)c2)cc1. The number of rotatable bonds is 10. The van der Waals surface area contributed by atoms with Crippen LogP contribution in [0.5, 0.6) is 23.0 Å². The number of hydrogen-bond acceptors (Lipinski definition) is 6. The largest absolute Gasteiger partial charge is 0.497 e. The molecule has 3 rings (SSSR count). The highest BCUT2D eigenvalue weighted by atomic mass is 16.5. The molecule has 3 aromatic carbocycles. The van der Waals surface area contributed by atoms with Gasteiger partial charge in [0.15, 0.2) is 18.1 Å². The molecule has 0 radical (unpaired) electrons. The van der Waals surface area contributed by atoms with Crippen molar-refractivity contribution in [1.29, 1.82) is 0 Å². The van der Waals surface area contributed by atoms with Crippen molar-refractivity contribution in [3.8, 4) is 23.0 Å². The van der Waals surface area contributed by atoms with Crippen LogP contribution in [0.3, 0.4) is 0 Å². The Labute approximate surface area is 181 Å². The van der Waals surface area contributed by atoms with E-state index in [-0.39, 0.29) is 12.5 Å². The molecule has 0 heterocycles. The van der Waals surface area contributed by atoms with Gasteiger partial charge in [0.05, 0.1) is 20.4 Å². The quantitative estimate of drug-likeness (QED) is 0.399. The predicted octanol–water partition coefficient (Wildman–Crippen LogP) is 3.81. The molecule has 160 valence electrons. The molecule has 7 heteroatoms. The Kier molecular flexibility index (Phi) is 7.88. The van der Waals surface area contributed by atoms with Crippen LogP contribution in [0.1, 0.15) is 11.1 Å². The molecule has 0 aliphatic heterocycles. The zero-order valence-electron chi connectivity index (χ0n) is 17.4. The molecule has 1 N–H and O–H groups in total. The first-order valence-corrected chi connectivity index (χ1v) is 9.61. The summed E-state index contributed by atoms with van der Waals surface area (Å²) in [5.41, 5.74) is 4.25. The standard InChI is InChI=1S/C24H24N2O5/c1-28-20-9-11-21(12-10-20)30-17-24(27)26-25-15-19-8-13-22(23(14-19)29-2)31-16-18-6-4-3-5-7-18/h3-15H,16-17H2,1-2H3,(H,26,27)/b25-15-. The first kappa shape index (κ1) is 21.7. The van der Waals surface area contributed by atoms with E-state index in [0.717, 1.165) is 11.1 Å². The van der Waals surface area contributed by atoms with Crippen molar-refractivity contribution in [2.75, 3.05) is 20.8 Å². The normalized spacial score (nSPS) is 10.5. The van der Waals surface area contributed by atoms with Gasteiger partial charge in [-0.3, -0.25) is 4.79 Å². The highest BCUT2D eigenvalue weighted by molar-refractivity contribution is 5.83. The molecule has 0 spiro atoms. The van der Waals surface area contributed by atoms with Gasteiger partial charge in [-0.25, -0.2) is 5.43 Å². The molecule has 7 nitrogen and oxygen atoms in total. The number of ether oxygens (including phenoxy) is 4. The number of hydrogen-bond donors (Lipinski definition) is 1. The molecule has 0 aromatic heterocycles. The topological polar surface area (TPSA) is 78.4 Å². The zero-order valence-corrected chi connectivity index (χ0v) is 17.4. The Morgan fingerprint density at radius 2 is 1.61 bits per heavy atom. The van der Waals surface area contributed by atoms with E-state index >= 15 is 0 Å². The molecule has 0 saturated carbocycles. The summed E-state index contributed by atoms with van der Waals surface area (Å²) in [6, 6.07) is 22.3. The van der Waals surface area contributed by atoms with E-state index < -0.39 is 0 Å². The maximum Gasteiger partial charge on any atom is 0.277 e. The van der Waals surface area contributed by atoms with Crippen LogP contribution in [0, 0.1) is 0 Å². The number of amides is 1. The maximum absolute atomic E-state index is 11.9. The minimum absolute atomic E-state index is 0.154. The second-order valence-electron chi connectivity index (χ2n) is 6.44. The number of benzene rings is 3. The van der Waals surface area contributed by atoms with Crippen molar-refractivity contribution < 1.29 is 23.7 Å². The monoisotopic (exact) mass is 420 g/mol. The molecule has 3 aromatic rings. The van der Waals surface area contributed by atoms with Crippen LogP contribution in [0.2, 0.25) is 0 Å². The van der Waals surface area contributed by atoms with Crippen molar-refractivity contribution in [2.45, 2.75) is 6.61 Å². The highest BCUT2D eigenvalue weighted by Crippen LogP contribution is 2.28. The smallest absolute Gasteiger partial charge is 0.277 e. The number of nitrogens with one attached hydrogen (secondary N) is 1. The summed E-state index contributed by atoms with van der Waals surface area (Å²) in [4.78, 5) is 11.9. The zero-order chi connectivity index (χ0) is 21.9. The van der Waals surface area contributed by atoms with Gasteiger partial charge in [0, 0.05) is 0 Å². The summed E-state index contributed by atoms with van der Waals surface area (Å²) < 4.78 is 21.7. The minimum atomic E-state index is -0.373. The van der Waals surface area contributed by atoms with Gasteiger partial charge < -0.3 is 18.9 Å². The van der Waals surface area contributed by atoms with E-state index in [1.54, 1.807) is 50.6 Å². The Morgan fingerprint density at radius 1 is 0.871 bits per heavy atom. The summed E-state index contributed by atoms with van der Waals surface area (Å²) in [6.45, 7) is 0.286. The predicted molar refractivity (Wildman–Crippen MR) is 118 cm³/mol. The van der Waals surface area contributed by atoms with Crippen LogP contribution < -0.4 is 24.4 Å². The highest BCUT2D eigenvalue weighted by Gasteiger charge is 2.06. The van der Waals surface area contributed by atoms with Crippen LogP contribution in [0.25, 0.3) is 0 Å². The van der Waals surface area contributed by atoms with Crippen LogP contribution in [0.4, 0.5) is 0 Å². The third-order valence-electron chi connectivity index (χ3n) is 4.26. The molecule has 0 saturated heterocycles. The molecule has 0 fully saturated rings. The molecule has 1 amide bonds. The van der Waals surface area contributed by atoms with Gasteiger partial charge in [-0.1, -0.05) is 30.3 Å². The average molecular weight is 420 g/mol. The first-order chi connectivity index (χ1) is 15.2. The lowest BCUT2D eigenvalue weighted by Crippen LogP contribution is -2.24. The van der Waals surface area contributed by atoms with Gasteiger partial charge >= 0.3 is 0 Å². The lowest BCUT2D eigenvalue weighted by Gasteiger charge is -2.11. The Morgan fingerprint density at radius 3 is 2.32 bits per heavy atom. The van der Waals surface area contributed by atoms with Crippen LogP contribution in [-0.2, 0) is 11.4 Å². The van der Waals surface area contributed by atoms with E-state index in [9.17, 15) is 4.79 Å². The van der Waals surface area contributed by atoms with E-state index in [0.29, 0.717) is 29.6 Å². The van der Waals surface area contributed by atoms with Crippen molar-refractivity contribution >= 4 is 12.1 Å². The molecule has 31 heavy (non-hydrogen) atoms. The van der Waals surface area contributed by atoms with E-state index in [2.05, 4.69) is 10.5 Å². The van der Waals surface area contributed by atoms with Gasteiger partial charge in [-0.05, 0) is 53.6 Å². The lowest BCUT2D eigenvalue weighted by molar-refractivity contribution is -0.123. The fourth-order valence-electron chi connectivity index (χ4n) is 2.65. The second kappa shape index (κ2) is 11.3. The summed E-state index contributed by atoms with van der Waals surface area (Å²) in [7, 11) is 3.16. The second-order valence-corrected chi connectivity index (χ2v) is 6.44. The van der Waals surface area contributed by atoms with E-state index in [1.165, 1.54) is 6.21 Å². The molecule has 0 bridgehead atoms. The lowest BCUT2D eigenvalue weighted by atomic mass is 10.2. The minimum Gasteiger partial charge on any atom is -0.497 e. The van der Waals surface area contributed by atoms with Gasteiger partial charge in [-0.15, -0.1) is 0 Å². The Bertz CT molecular complexity index is 1000. The van der Waals surface area contributed by atoms with Crippen molar-refractivity contribution in [2.24, 2.45) is 5.10 Å². The number of carbonyl (C=O) groups is 1. The fraction of sp³-hybridized carbons (Fsp3) is 0.167. The first-order valence-electron chi connectivity index (χ1n) is 9.61. The van der Waals surface area contributed by atoms with Gasteiger partial charge in [-0.2, -0.15) is 5.10 Å². The summed E-state index contributed by atoms with van der Waals surface area (Å²) in [5, 5.41) is 3.96. The van der Waals surface area contributed by atoms with Crippen molar-refractivity contribution in [1.82, 2.24) is 5.43 Å². The summed E-state index contributed by atoms with van der Waals surface area (Å²) in [5.74, 6) is 2.11. The van der Waals surface area contributed by atoms with Gasteiger partial charge in [0.25, 0.3) is 5.91 Å². The average Bonchev–Trinajstić information content (AvgIpc) is 2.82. The molecular formula is C24H24N2O5. The fourth-order valence-corrected chi connectivity index (χ4v) is 2.65.